The lowest BCUT2D eigenvalue weighted by atomic mass is 9.80. The number of aliphatic hydroxyl groups is 1. The van der Waals surface area contributed by atoms with Crippen LogP contribution in [-0.2, 0) is 24.6 Å². The summed E-state index contributed by atoms with van der Waals surface area (Å²) in [5.41, 5.74) is 0.559. The molecule has 0 bridgehead atoms. The standard InChI is InChI=1S/C35H31F3N10O2/c1-2-47-33(49)46(22-40-47)28-11-9-27(10-12-28)45-17-15-44(16-18-45)26-7-3-23(4-8-26)24-5-14-31(39-20-24)35(37,38)34(50)21-48-32(41-42-43-48)29-19-25(36)6-13-30(29)34/h3-14,19-20,22,50H,2,15-18,21H2,1H3/t34-/m0/s1. The van der Waals surface area contributed by atoms with Crippen molar-refractivity contribution in [1.82, 2.24) is 39.5 Å². The van der Waals surface area contributed by atoms with Crippen molar-refractivity contribution in [2.75, 3.05) is 36.0 Å². The molecule has 3 aromatic heterocycles. The van der Waals surface area contributed by atoms with E-state index in [0.717, 1.165) is 71.7 Å². The lowest BCUT2D eigenvalue weighted by Crippen LogP contribution is -2.49. The van der Waals surface area contributed by atoms with Gasteiger partial charge in [0.25, 0.3) is 0 Å². The Hall–Kier alpha value is -5.83. The summed E-state index contributed by atoms with van der Waals surface area (Å²) >= 11 is 0. The minimum atomic E-state index is -3.87. The summed E-state index contributed by atoms with van der Waals surface area (Å²) in [6, 6.07) is 21.7. The zero-order chi connectivity index (χ0) is 34.6. The van der Waals surface area contributed by atoms with Crippen LogP contribution >= 0.6 is 0 Å². The minimum Gasteiger partial charge on any atom is -0.377 e. The topological polar surface area (TPSA) is 123 Å². The molecular formula is C35H31F3N10O2. The average Bonchev–Trinajstić information content (AvgIpc) is 3.78. The molecule has 0 unspecified atom stereocenters. The number of aryl methyl sites for hydroxylation is 1. The normalized spacial score (nSPS) is 17.5. The average molecular weight is 681 g/mol. The van der Waals surface area contributed by atoms with Gasteiger partial charge < -0.3 is 14.9 Å². The molecule has 1 fully saturated rings. The first-order valence-electron chi connectivity index (χ1n) is 16.1. The summed E-state index contributed by atoms with van der Waals surface area (Å²) in [5.74, 6) is -4.44. The lowest BCUT2D eigenvalue weighted by Gasteiger charge is -2.39. The largest absolute Gasteiger partial charge is 0.377 e. The molecule has 0 radical (unpaired) electrons. The maximum absolute atomic E-state index is 16.1. The van der Waals surface area contributed by atoms with Crippen molar-refractivity contribution in [1.29, 1.82) is 0 Å². The fourth-order valence-corrected chi connectivity index (χ4v) is 6.74. The Balaban J connectivity index is 0.936. The molecule has 0 spiro atoms. The van der Waals surface area contributed by atoms with Crippen LogP contribution in [0.5, 0.6) is 0 Å². The summed E-state index contributed by atoms with van der Waals surface area (Å²) in [7, 11) is 0. The van der Waals surface area contributed by atoms with Crippen LogP contribution in [0.3, 0.4) is 0 Å². The van der Waals surface area contributed by atoms with E-state index in [4.69, 9.17) is 0 Å². The van der Waals surface area contributed by atoms with E-state index in [2.05, 4.69) is 35.4 Å². The van der Waals surface area contributed by atoms with E-state index < -0.39 is 29.6 Å². The third kappa shape index (κ3) is 5.12. The van der Waals surface area contributed by atoms with E-state index in [1.54, 1.807) is 6.07 Å². The zero-order valence-corrected chi connectivity index (χ0v) is 26.9. The molecule has 1 saturated heterocycles. The molecule has 8 rings (SSSR count). The second kappa shape index (κ2) is 11.9. The van der Waals surface area contributed by atoms with Crippen molar-refractivity contribution in [2.24, 2.45) is 0 Å². The van der Waals surface area contributed by atoms with Gasteiger partial charge in [-0.1, -0.05) is 24.3 Å². The maximum Gasteiger partial charge on any atom is 0.350 e. The van der Waals surface area contributed by atoms with Crippen LogP contribution in [0.1, 0.15) is 18.2 Å². The summed E-state index contributed by atoms with van der Waals surface area (Å²) in [5, 5.41) is 26.7. The van der Waals surface area contributed by atoms with Crippen LogP contribution < -0.4 is 15.5 Å². The van der Waals surface area contributed by atoms with Crippen molar-refractivity contribution in [3.63, 3.8) is 0 Å². The third-order valence-electron chi connectivity index (χ3n) is 9.55. The maximum atomic E-state index is 16.1. The SMILES string of the molecule is CCn1ncn(-c2ccc(N3CCN(c4ccc(-c5ccc(C(F)(F)[C@]6(O)Cn7nnnc7-c7cc(F)ccc76)nc5)cc4)CC3)cc2)c1=O. The van der Waals surface area contributed by atoms with E-state index in [0.29, 0.717) is 12.1 Å². The van der Waals surface area contributed by atoms with Gasteiger partial charge in [0, 0.05) is 67.0 Å². The number of pyridine rings is 1. The molecule has 12 nitrogen and oxygen atoms in total. The first kappa shape index (κ1) is 31.4. The third-order valence-corrected chi connectivity index (χ3v) is 9.55. The Labute approximate surface area is 283 Å². The number of fused-ring (bicyclic) bond motifs is 3. The number of hydrogen-bond donors (Lipinski definition) is 1. The highest BCUT2D eigenvalue weighted by atomic mass is 19.3. The van der Waals surface area contributed by atoms with E-state index in [1.165, 1.54) is 27.8 Å². The molecule has 2 aliphatic heterocycles. The number of nitrogens with zero attached hydrogens (tertiary/aromatic N) is 10. The number of anilines is 2. The van der Waals surface area contributed by atoms with Crippen LogP contribution in [0.2, 0.25) is 0 Å². The Morgan fingerprint density at radius 1 is 0.860 bits per heavy atom. The van der Waals surface area contributed by atoms with Crippen LogP contribution in [0.4, 0.5) is 24.5 Å². The fourth-order valence-electron chi connectivity index (χ4n) is 6.74. The number of alkyl halides is 2. The van der Waals surface area contributed by atoms with Crippen molar-refractivity contribution in [3.05, 3.63) is 119 Å². The van der Waals surface area contributed by atoms with E-state index in [1.807, 2.05) is 55.5 Å². The quantitative estimate of drug-likeness (QED) is 0.264. The highest BCUT2D eigenvalue weighted by molar-refractivity contribution is 5.67. The predicted molar refractivity (Wildman–Crippen MR) is 179 cm³/mol. The van der Waals surface area contributed by atoms with Crippen LogP contribution in [0.25, 0.3) is 28.2 Å². The molecule has 0 aliphatic carbocycles. The van der Waals surface area contributed by atoms with Gasteiger partial charge in [-0.2, -0.15) is 13.9 Å². The predicted octanol–water partition coefficient (Wildman–Crippen LogP) is 4.23. The van der Waals surface area contributed by atoms with Crippen molar-refractivity contribution < 1.29 is 18.3 Å². The van der Waals surface area contributed by atoms with E-state index >= 15 is 8.78 Å². The van der Waals surface area contributed by atoms with Crippen molar-refractivity contribution in [3.8, 4) is 28.2 Å². The molecule has 5 heterocycles. The van der Waals surface area contributed by atoms with Gasteiger partial charge >= 0.3 is 11.6 Å². The molecule has 6 aromatic rings. The summed E-state index contributed by atoms with van der Waals surface area (Å²) in [4.78, 5) is 21.1. The summed E-state index contributed by atoms with van der Waals surface area (Å²) < 4.78 is 50.3. The molecule has 15 heteroatoms. The van der Waals surface area contributed by atoms with Gasteiger partial charge in [0.1, 0.15) is 17.8 Å². The Morgan fingerprint density at radius 2 is 1.50 bits per heavy atom. The molecule has 50 heavy (non-hydrogen) atoms. The number of halogens is 3. The van der Waals surface area contributed by atoms with Crippen LogP contribution in [-0.4, -0.2) is 70.8 Å². The van der Waals surface area contributed by atoms with Gasteiger partial charge in [-0.15, -0.1) is 5.10 Å². The zero-order valence-electron chi connectivity index (χ0n) is 26.9. The van der Waals surface area contributed by atoms with E-state index in [-0.39, 0.29) is 22.6 Å². The molecule has 0 saturated carbocycles. The second-order valence-electron chi connectivity index (χ2n) is 12.4. The monoisotopic (exact) mass is 680 g/mol. The van der Waals surface area contributed by atoms with Gasteiger partial charge in [-0.3, -0.25) is 4.98 Å². The fraction of sp³-hybridized carbons (Fsp3) is 0.257. The van der Waals surface area contributed by atoms with Gasteiger partial charge in [-0.05, 0) is 77.5 Å². The number of benzene rings is 3. The van der Waals surface area contributed by atoms with Gasteiger partial charge in [0.05, 0.1) is 12.2 Å². The Kier molecular flexibility index (Phi) is 7.51. The summed E-state index contributed by atoms with van der Waals surface area (Å²) in [6.45, 7) is 5.00. The molecule has 1 N–H and O–H groups in total. The van der Waals surface area contributed by atoms with Crippen molar-refractivity contribution >= 4 is 11.4 Å². The number of aromatic nitrogens is 8. The molecule has 1 atom stereocenters. The molecule has 2 aliphatic rings. The molecular weight excluding hydrogens is 649 g/mol. The molecule has 254 valence electrons. The number of tetrazole rings is 1. The number of piperazine rings is 1. The van der Waals surface area contributed by atoms with E-state index in [9.17, 15) is 14.3 Å². The van der Waals surface area contributed by atoms with Crippen LogP contribution in [0, 0.1) is 5.82 Å². The smallest absolute Gasteiger partial charge is 0.350 e. The minimum absolute atomic E-state index is 0.00796. The Morgan fingerprint density at radius 3 is 2.12 bits per heavy atom. The first-order valence-corrected chi connectivity index (χ1v) is 16.1. The van der Waals surface area contributed by atoms with Gasteiger partial charge in [0.15, 0.2) is 11.4 Å². The van der Waals surface area contributed by atoms with Gasteiger partial charge in [0.2, 0.25) is 0 Å². The summed E-state index contributed by atoms with van der Waals surface area (Å²) in [6.07, 6.45) is 2.89. The van der Waals surface area contributed by atoms with Gasteiger partial charge in [-0.25, -0.2) is 23.1 Å². The first-order chi connectivity index (χ1) is 24.2. The van der Waals surface area contributed by atoms with Crippen LogP contribution in [0.15, 0.2) is 96.2 Å². The van der Waals surface area contributed by atoms with Crippen molar-refractivity contribution in [2.45, 2.75) is 31.5 Å². The highest BCUT2D eigenvalue weighted by Gasteiger charge is 2.59. The lowest BCUT2D eigenvalue weighted by molar-refractivity contribution is -0.207. The number of hydrogen-bond acceptors (Lipinski definition) is 9. The highest BCUT2D eigenvalue weighted by Crippen LogP contribution is 2.50. The second-order valence-corrected chi connectivity index (χ2v) is 12.4. The molecule has 3 aromatic carbocycles. The Bertz CT molecular complexity index is 2230. The number of rotatable bonds is 7. The molecule has 0 amide bonds.